The van der Waals surface area contributed by atoms with Crippen molar-refractivity contribution >= 4 is 51.0 Å². The van der Waals surface area contributed by atoms with Gasteiger partial charge in [0.2, 0.25) is 0 Å². The molecule has 0 unspecified atom stereocenters. The molecule has 0 aliphatic heterocycles. The molecular weight excluding hydrogens is 572 g/mol. The first-order valence-electron chi connectivity index (χ1n) is 15.0. The summed E-state index contributed by atoms with van der Waals surface area (Å²) in [6, 6.07) is 21.8. The monoisotopic (exact) mass is 610 g/mol. The Kier molecular flexibility index (Phi) is 9.42. The summed E-state index contributed by atoms with van der Waals surface area (Å²) >= 11 is 0. The van der Waals surface area contributed by atoms with Crippen molar-refractivity contribution in [2.75, 3.05) is 30.9 Å². The van der Waals surface area contributed by atoms with Crippen LogP contribution in [0.5, 0.6) is 5.75 Å². The van der Waals surface area contributed by atoms with Crippen molar-refractivity contribution in [1.82, 2.24) is 9.13 Å². The fraction of sp³-hybridized carbons (Fsp3) is 0.286. The Balaban J connectivity index is 0.000000211. The highest BCUT2D eigenvalue weighted by Crippen LogP contribution is 2.30. The number of hydrogen-bond donors (Lipinski definition) is 2. The minimum Gasteiger partial charge on any atom is -0.493 e. The fourth-order valence-corrected chi connectivity index (χ4v) is 5.00. The third-order valence-corrected chi connectivity index (χ3v) is 7.64. The highest BCUT2D eigenvalue weighted by Gasteiger charge is 2.22. The number of nitrogens with zero attached hydrogens (tertiary/aromatic N) is 2. The lowest BCUT2D eigenvalue weighted by Crippen LogP contribution is -2.11. The van der Waals surface area contributed by atoms with Crippen molar-refractivity contribution in [3.05, 3.63) is 89.7 Å². The number of esters is 2. The van der Waals surface area contributed by atoms with E-state index in [0.29, 0.717) is 47.5 Å². The van der Waals surface area contributed by atoms with E-state index in [1.54, 1.807) is 42.7 Å². The van der Waals surface area contributed by atoms with E-state index >= 15 is 0 Å². The summed E-state index contributed by atoms with van der Waals surface area (Å²) in [5, 5.41) is 4.72. The van der Waals surface area contributed by atoms with Crippen LogP contribution in [0.4, 0.5) is 11.4 Å². The number of nitrogens with two attached hydrogens (primary N) is 1. The number of hydrogen-bond acceptors (Lipinski definition) is 7. The molecule has 1 fully saturated rings. The number of carbonyl (C=O) groups is 3. The number of rotatable bonds is 9. The molecule has 0 atom stereocenters. The lowest BCUT2D eigenvalue weighted by Gasteiger charge is -2.08. The summed E-state index contributed by atoms with van der Waals surface area (Å²) in [4.78, 5) is 36.3. The van der Waals surface area contributed by atoms with Crippen LogP contribution in [-0.4, -0.2) is 46.8 Å². The van der Waals surface area contributed by atoms with Gasteiger partial charge in [-0.3, -0.25) is 4.79 Å². The van der Waals surface area contributed by atoms with E-state index in [0.717, 1.165) is 34.2 Å². The third kappa shape index (κ3) is 7.29. The molecule has 0 saturated heterocycles. The smallest absolute Gasteiger partial charge is 0.354 e. The van der Waals surface area contributed by atoms with E-state index in [1.807, 2.05) is 67.2 Å². The SMILES string of the molecule is CCOC(=O)c1cc2cc(N)ccc2n1C.CCOC(=O)c1cc2cc(NC(=O)c3ccc(OCC4CC4)cc3)ccc2n1C. The average molecular weight is 611 g/mol. The number of aromatic nitrogens is 2. The molecule has 10 heteroatoms. The van der Waals surface area contributed by atoms with Crippen LogP contribution in [0.2, 0.25) is 0 Å². The maximum atomic E-state index is 12.6. The molecule has 1 saturated carbocycles. The molecule has 0 spiro atoms. The normalized spacial score (nSPS) is 12.4. The number of nitrogen functional groups attached to an aromatic ring is 1. The summed E-state index contributed by atoms with van der Waals surface area (Å²) in [6.45, 7) is 5.02. The molecule has 1 aliphatic carbocycles. The van der Waals surface area contributed by atoms with Gasteiger partial charge in [-0.2, -0.15) is 0 Å². The van der Waals surface area contributed by atoms with Gasteiger partial charge in [-0.1, -0.05) is 0 Å². The van der Waals surface area contributed by atoms with Crippen molar-refractivity contribution in [3.63, 3.8) is 0 Å². The zero-order chi connectivity index (χ0) is 32.1. The molecular formula is C35H38N4O6. The number of nitrogens with one attached hydrogen (secondary N) is 1. The van der Waals surface area contributed by atoms with E-state index in [9.17, 15) is 14.4 Å². The van der Waals surface area contributed by atoms with Crippen molar-refractivity contribution in [2.45, 2.75) is 26.7 Å². The van der Waals surface area contributed by atoms with Gasteiger partial charge < -0.3 is 34.4 Å². The van der Waals surface area contributed by atoms with E-state index in [-0.39, 0.29) is 17.8 Å². The maximum Gasteiger partial charge on any atom is 0.354 e. The standard InChI is InChI=1S/C23H24N2O4.C12H14N2O2/c1-3-28-23(27)21-13-17-12-18(8-11-20(17)25(21)2)24-22(26)16-6-9-19(10-7-16)29-14-15-4-5-15;1-3-16-12(15)11-7-8-6-9(13)4-5-10(8)14(11)2/h6-13,15H,3-5,14H2,1-2H3,(H,24,26);4-7H,3,13H2,1-2H3. The lowest BCUT2D eigenvalue weighted by atomic mass is 10.2. The molecule has 0 bridgehead atoms. The summed E-state index contributed by atoms with van der Waals surface area (Å²) in [6.07, 6.45) is 2.49. The molecule has 1 amide bonds. The van der Waals surface area contributed by atoms with Crippen LogP contribution in [0.25, 0.3) is 21.8 Å². The zero-order valence-electron chi connectivity index (χ0n) is 26.0. The number of benzene rings is 3. The average Bonchev–Trinajstić information content (AvgIpc) is 3.73. The fourth-order valence-electron chi connectivity index (χ4n) is 5.00. The summed E-state index contributed by atoms with van der Waals surface area (Å²) in [5.41, 5.74) is 10.5. The van der Waals surface area contributed by atoms with Crippen LogP contribution in [0.3, 0.4) is 0 Å². The molecule has 6 rings (SSSR count). The second-order valence-electron chi connectivity index (χ2n) is 10.9. The molecule has 10 nitrogen and oxygen atoms in total. The van der Waals surface area contributed by atoms with E-state index < -0.39 is 0 Å². The third-order valence-electron chi connectivity index (χ3n) is 7.64. The minimum absolute atomic E-state index is 0.195. The Morgan fingerprint density at radius 3 is 1.89 bits per heavy atom. The van der Waals surface area contributed by atoms with Crippen LogP contribution in [0.15, 0.2) is 72.8 Å². The highest BCUT2D eigenvalue weighted by molar-refractivity contribution is 6.05. The van der Waals surface area contributed by atoms with Crippen LogP contribution >= 0.6 is 0 Å². The Morgan fingerprint density at radius 1 is 0.778 bits per heavy atom. The molecule has 2 heterocycles. The summed E-state index contributed by atoms with van der Waals surface area (Å²) < 4.78 is 19.4. The van der Waals surface area contributed by atoms with E-state index in [1.165, 1.54) is 12.8 Å². The quantitative estimate of drug-likeness (QED) is 0.147. The summed E-state index contributed by atoms with van der Waals surface area (Å²) in [5.74, 6) is 0.612. The van der Waals surface area contributed by atoms with Gasteiger partial charge in [0, 0.05) is 52.8 Å². The topological polar surface area (TPSA) is 127 Å². The minimum atomic E-state index is -0.360. The van der Waals surface area contributed by atoms with Crippen molar-refractivity contribution in [2.24, 2.45) is 20.0 Å². The van der Waals surface area contributed by atoms with Gasteiger partial charge in [0.05, 0.1) is 19.8 Å². The Labute approximate surface area is 261 Å². The Bertz CT molecular complexity index is 1850. The first kappa shape index (κ1) is 31.2. The zero-order valence-corrected chi connectivity index (χ0v) is 26.0. The molecule has 3 aromatic carbocycles. The number of ether oxygens (including phenoxy) is 3. The number of anilines is 2. The second kappa shape index (κ2) is 13.6. The van der Waals surface area contributed by atoms with E-state index in [2.05, 4.69) is 5.32 Å². The molecule has 45 heavy (non-hydrogen) atoms. The molecule has 5 aromatic rings. The van der Waals surface area contributed by atoms with Gasteiger partial charge in [-0.05, 0) is 105 Å². The number of amides is 1. The van der Waals surface area contributed by atoms with Crippen LogP contribution < -0.4 is 15.8 Å². The van der Waals surface area contributed by atoms with Gasteiger partial charge in [-0.15, -0.1) is 0 Å². The maximum absolute atomic E-state index is 12.6. The second-order valence-corrected chi connectivity index (χ2v) is 10.9. The van der Waals surface area contributed by atoms with Crippen molar-refractivity contribution in [1.29, 1.82) is 0 Å². The van der Waals surface area contributed by atoms with Gasteiger partial charge in [0.1, 0.15) is 17.1 Å². The number of aryl methyl sites for hydroxylation is 2. The van der Waals surface area contributed by atoms with Crippen molar-refractivity contribution in [3.8, 4) is 5.75 Å². The molecule has 0 radical (unpaired) electrons. The first-order chi connectivity index (χ1) is 21.7. The van der Waals surface area contributed by atoms with Crippen molar-refractivity contribution < 1.29 is 28.6 Å². The van der Waals surface area contributed by atoms with Gasteiger partial charge in [0.25, 0.3) is 5.91 Å². The van der Waals surface area contributed by atoms with Gasteiger partial charge in [-0.25, -0.2) is 9.59 Å². The highest BCUT2D eigenvalue weighted by atomic mass is 16.5. The van der Waals surface area contributed by atoms with Gasteiger partial charge in [0.15, 0.2) is 0 Å². The van der Waals surface area contributed by atoms with Crippen LogP contribution in [-0.2, 0) is 23.6 Å². The van der Waals surface area contributed by atoms with Crippen LogP contribution in [0.1, 0.15) is 58.0 Å². The van der Waals surface area contributed by atoms with E-state index in [4.69, 9.17) is 19.9 Å². The van der Waals surface area contributed by atoms with Gasteiger partial charge >= 0.3 is 11.9 Å². The molecule has 234 valence electrons. The van der Waals surface area contributed by atoms with Crippen LogP contribution in [0, 0.1) is 5.92 Å². The Hall–Kier alpha value is -5.25. The summed E-state index contributed by atoms with van der Waals surface area (Å²) in [7, 11) is 3.66. The first-order valence-corrected chi connectivity index (χ1v) is 15.0. The Morgan fingerprint density at radius 2 is 1.33 bits per heavy atom. The molecule has 2 aromatic heterocycles. The number of carbonyl (C=O) groups excluding carboxylic acids is 3. The molecule has 3 N–H and O–H groups in total. The largest absolute Gasteiger partial charge is 0.493 e. The predicted octanol–water partition coefficient (Wildman–Crippen LogP) is 6.33. The predicted molar refractivity (Wildman–Crippen MR) is 175 cm³/mol. The lowest BCUT2D eigenvalue weighted by molar-refractivity contribution is 0.0506. The number of fused-ring (bicyclic) bond motifs is 2. The molecule has 1 aliphatic rings.